The Morgan fingerprint density at radius 1 is 1.08 bits per heavy atom. The molecule has 1 fully saturated rings. The first-order chi connectivity index (χ1) is 12.4. The predicted molar refractivity (Wildman–Crippen MR) is 104 cm³/mol. The number of amides is 2. The van der Waals surface area contributed by atoms with Crippen LogP contribution in [0, 0.1) is 0 Å². The number of anilines is 1. The number of carbonyl (C=O) groups is 2. The first kappa shape index (κ1) is 18.5. The lowest BCUT2D eigenvalue weighted by Gasteiger charge is -2.35. The molecule has 0 bridgehead atoms. The first-order valence-corrected chi connectivity index (χ1v) is 9.10. The van der Waals surface area contributed by atoms with E-state index >= 15 is 0 Å². The predicted octanol–water partition coefficient (Wildman–Crippen LogP) is 3.49. The number of hydrogen-bond acceptors (Lipinski definition) is 3. The van der Waals surface area contributed by atoms with Gasteiger partial charge in [0.1, 0.15) is 0 Å². The van der Waals surface area contributed by atoms with Crippen LogP contribution in [0.5, 0.6) is 0 Å². The number of benzene rings is 2. The molecule has 0 saturated carbocycles. The summed E-state index contributed by atoms with van der Waals surface area (Å²) in [6, 6.07) is 11.8. The Balaban J connectivity index is 1.66. The van der Waals surface area contributed by atoms with Gasteiger partial charge in [0.05, 0.1) is 10.7 Å². The molecule has 0 spiro atoms. The number of nitrogens with one attached hydrogen (secondary N) is 1. The minimum atomic E-state index is -0.514. The van der Waals surface area contributed by atoms with Crippen molar-refractivity contribution in [3.8, 4) is 0 Å². The topological polar surface area (TPSA) is 75.4 Å². The fraction of sp³-hybridized carbons (Fsp3) is 0.263. The lowest BCUT2D eigenvalue weighted by molar-refractivity contribution is 0.0931. The Labute approximate surface area is 162 Å². The van der Waals surface area contributed by atoms with Crippen LogP contribution in [0.25, 0.3) is 0 Å². The van der Waals surface area contributed by atoms with Crippen LogP contribution in [0.15, 0.2) is 42.5 Å². The summed E-state index contributed by atoms with van der Waals surface area (Å²) in [5.41, 5.74) is 7.01. The highest BCUT2D eigenvalue weighted by Crippen LogP contribution is 2.30. The minimum absolute atomic E-state index is 0.0128. The highest BCUT2D eigenvalue weighted by molar-refractivity contribution is 6.36. The second-order valence-corrected chi connectivity index (χ2v) is 7.14. The molecule has 2 aromatic carbocycles. The van der Waals surface area contributed by atoms with E-state index in [0.717, 1.165) is 25.1 Å². The standard InChI is InChI=1S/C19H19Cl2N3O2/c20-14-7-8-17(16(21)10-14)24-9-1-2-15(11-24)23-19(26)13-5-3-12(4-6-13)18(22)25/h3-8,10,15H,1-2,9,11H2,(H2,22,25)(H,23,26). The SMILES string of the molecule is NC(=O)c1ccc(C(=O)NC2CCCN(c3ccc(Cl)cc3Cl)C2)cc1. The van der Waals surface area contributed by atoms with E-state index in [2.05, 4.69) is 10.2 Å². The molecule has 1 unspecified atom stereocenters. The van der Waals surface area contributed by atoms with Crippen molar-refractivity contribution in [3.63, 3.8) is 0 Å². The molecule has 1 atom stereocenters. The van der Waals surface area contributed by atoms with Gasteiger partial charge >= 0.3 is 0 Å². The van der Waals surface area contributed by atoms with Crippen molar-refractivity contribution < 1.29 is 9.59 Å². The van der Waals surface area contributed by atoms with Gasteiger partial charge in [-0.2, -0.15) is 0 Å². The highest BCUT2D eigenvalue weighted by Gasteiger charge is 2.23. The molecule has 1 saturated heterocycles. The van der Waals surface area contributed by atoms with Gasteiger partial charge in [-0.3, -0.25) is 9.59 Å². The van der Waals surface area contributed by atoms with Crippen molar-refractivity contribution in [1.82, 2.24) is 5.32 Å². The number of nitrogens with two attached hydrogens (primary N) is 1. The van der Waals surface area contributed by atoms with Crippen molar-refractivity contribution in [2.45, 2.75) is 18.9 Å². The quantitative estimate of drug-likeness (QED) is 0.837. The van der Waals surface area contributed by atoms with Gasteiger partial charge in [0.25, 0.3) is 5.91 Å². The van der Waals surface area contributed by atoms with Crippen LogP contribution in [0.3, 0.4) is 0 Å². The minimum Gasteiger partial charge on any atom is -0.368 e. The number of halogens is 2. The molecule has 3 N–H and O–H groups in total. The third-order valence-corrected chi connectivity index (χ3v) is 4.98. The molecule has 0 aromatic heterocycles. The van der Waals surface area contributed by atoms with E-state index in [1.165, 1.54) is 0 Å². The van der Waals surface area contributed by atoms with E-state index < -0.39 is 5.91 Å². The van der Waals surface area contributed by atoms with Gasteiger partial charge in [0.15, 0.2) is 0 Å². The summed E-state index contributed by atoms with van der Waals surface area (Å²) in [7, 11) is 0. The molecular weight excluding hydrogens is 373 g/mol. The van der Waals surface area contributed by atoms with E-state index in [1.54, 1.807) is 30.3 Å². The van der Waals surface area contributed by atoms with E-state index in [1.807, 2.05) is 12.1 Å². The molecule has 7 heteroatoms. The Morgan fingerprint density at radius 3 is 2.42 bits per heavy atom. The molecule has 2 aromatic rings. The fourth-order valence-electron chi connectivity index (χ4n) is 3.11. The molecule has 5 nitrogen and oxygen atoms in total. The summed E-state index contributed by atoms with van der Waals surface area (Å²) in [4.78, 5) is 25.7. The summed E-state index contributed by atoms with van der Waals surface area (Å²) in [5.74, 6) is -0.685. The molecule has 2 amide bonds. The van der Waals surface area contributed by atoms with Crippen LogP contribution >= 0.6 is 23.2 Å². The zero-order valence-electron chi connectivity index (χ0n) is 14.0. The molecule has 136 valence electrons. The summed E-state index contributed by atoms with van der Waals surface area (Å²) in [6.45, 7) is 1.55. The van der Waals surface area contributed by atoms with Crippen LogP contribution in [0.2, 0.25) is 10.0 Å². The van der Waals surface area contributed by atoms with Crippen molar-refractivity contribution in [3.05, 3.63) is 63.6 Å². The van der Waals surface area contributed by atoms with Gasteiger partial charge in [-0.15, -0.1) is 0 Å². The van der Waals surface area contributed by atoms with E-state index in [-0.39, 0.29) is 11.9 Å². The molecular formula is C19H19Cl2N3O2. The zero-order chi connectivity index (χ0) is 18.7. The maximum absolute atomic E-state index is 12.5. The Kier molecular flexibility index (Phi) is 5.69. The normalized spacial score (nSPS) is 17.0. The van der Waals surface area contributed by atoms with Crippen LogP contribution < -0.4 is 16.0 Å². The molecule has 0 radical (unpaired) electrons. The lowest BCUT2D eigenvalue weighted by atomic mass is 10.0. The van der Waals surface area contributed by atoms with Crippen LogP contribution in [0.1, 0.15) is 33.6 Å². The maximum atomic E-state index is 12.5. The lowest BCUT2D eigenvalue weighted by Crippen LogP contribution is -2.47. The summed E-state index contributed by atoms with van der Waals surface area (Å²) < 4.78 is 0. The Hall–Kier alpha value is -2.24. The molecule has 26 heavy (non-hydrogen) atoms. The van der Waals surface area contributed by atoms with Gasteiger partial charge < -0.3 is 16.0 Å². The number of piperidine rings is 1. The van der Waals surface area contributed by atoms with Gasteiger partial charge in [-0.05, 0) is 55.3 Å². The van der Waals surface area contributed by atoms with Crippen molar-refractivity contribution >= 4 is 40.7 Å². The molecule has 1 heterocycles. The second-order valence-electron chi connectivity index (χ2n) is 6.30. The summed E-state index contributed by atoms with van der Waals surface area (Å²) in [5, 5.41) is 4.25. The van der Waals surface area contributed by atoms with Crippen molar-refractivity contribution in [2.75, 3.05) is 18.0 Å². The Bertz CT molecular complexity index is 824. The van der Waals surface area contributed by atoms with Crippen LogP contribution in [-0.2, 0) is 0 Å². The molecule has 1 aliphatic rings. The largest absolute Gasteiger partial charge is 0.368 e. The zero-order valence-corrected chi connectivity index (χ0v) is 15.6. The monoisotopic (exact) mass is 391 g/mol. The maximum Gasteiger partial charge on any atom is 0.251 e. The smallest absolute Gasteiger partial charge is 0.251 e. The van der Waals surface area contributed by atoms with E-state index in [4.69, 9.17) is 28.9 Å². The van der Waals surface area contributed by atoms with Crippen molar-refractivity contribution in [2.24, 2.45) is 5.73 Å². The summed E-state index contributed by atoms with van der Waals surface area (Å²) >= 11 is 12.3. The van der Waals surface area contributed by atoms with E-state index in [0.29, 0.717) is 27.7 Å². The number of hydrogen-bond donors (Lipinski definition) is 2. The molecule has 0 aliphatic carbocycles. The fourth-order valence-corrected chi connectivity index (χ4v) is 3.63. The van der Waals surface area contributed by atoms with Crippen molar-refractivity contribution in [1.29, 1.82) is 0 Å². The van der Waals surface area contributed by atoms with Gasteiger partial charge in [-0.25, -0.2) is 0 Å². The van der Waals surface area contributed by atoms with Crippen LogP contribution in [-0.4, -0.2) is 30.9 Å². The van der Waals surface area contributed by atoms with Gasteiger partial charge in [0, 0.05) is 35.3 Å². The second kappa shape index (κ2) is 7.98. The first-order valence-electron chi connectivity index (χ1n) is 8.35. The summed E-state index contributed by atoms with van der Waals surface area (Å²) in [6.07, 6.45) is 1.84. The number of rotatable bonds is 4. The van der Waals surface area contributed by atoms with E-state index in [9.17, 15) is 9.59 Å². The molecule has 1 aliphatic heterocycles. The van der Waals surface area contributed by atoms with Gasteiger partial charge in [-0.1, -0.05) is 23.2 Å². The van der Waals surface area contributed by atoms with Crippen LogP contribution in [0.4, 0.5) is 5.69 Å². The Morgan fingerprint density at radius 2 is 1.77 bits per heavy atom. The number of nitrogens with zero attached hydrogens (tertiary/aromatic N) is 1. The molecule has 3 rings (SSSR count). The number of primary amides is 1. The van der Waals surface area contributed by atoms with Gasteiger partial charge in [0.2, 0.25) is 5.91 Å². The highest BCUT2D eigenvalue weighted by atomic mass is 35.5. The average molecular weight is 392 g/mol. The number of carbonyl (C=O) groups excluding carboxylic acids is 2. The average Bonchev–Trinajstić information content (AvgIpc) is 2.62. The third-order valence-electron chi connectivity index (χ3n) is 4.44. The third kappa shape index (κ3) is 4.29.